The lowest BCUT2D eigenvalue weighted by molar-refractivity contribution is -0.138. The molecule has 0 bridgehead atoms. The Bertz CT molecular complexity index is 1580. The van der Waals surface area contributed by atoms with Crippen LogP contribution in [0.15, 0.2) is 77.7 Å². The van der Waals surface area contributed by atoms with Crippen LogP contribution < -0.4 is 19.8 Å². The first kappa shape index (κ1) is 31.6. The molecular weight excluding hydrogens is 591 g/mol. The van der Waals surface area contributed by atoms with Crippen molar-refractivity contribution >= 4 is 33.4 Å². The number of nitrogens with zero attached hydrogens (tertiary/aromatic N) is 1. The number of halogens is 3. The summed E-state index contributed by atoms with van der Waals surface area (Å²) in [5.74, 6) is -0.580. The van der Waals surface area contributed by atoms with E-state index in [-0.39, 0.29) is 30.2 Å². The first-order valence-electron chi connectivity index (χ1n) is 13.1. The van der Waals surface area contributed by atoms with Crippen molar-refractivity contribution in [1.82, 2.24) is 5.48 Å². The first-order chi connectivity index (χ1) is 20.1. The number of hydroxylamine groups is 1. The maximum absolute atomic E-state index is 13.8. The molecule has 3 aromatic carbocycles. The molecule has 2 amide bonds. The second-order valence-corrected chi connectivity index (χ2v) is 12.5. The van der Waals surface area contributed by atoms with Gasteiger partial charge in [-0.05, 0) is 62.7 Å². The van der Waals surface area contributed by atoms with Gasteiger partial charge in [-0.3, -0.25) is 19.3 Å². The average Bonchev–Trinajstić information content (AvgIpc) is 2.92. The van der Waals surface area contributed by atoms with E-state index in [1.165, 1.54) is 18.2 Å². The molecule has 3 aromatic rings. The molecule has 4 rings (SSSR count). The summed E-state index contributed by atoms with van der Waals surface area (Å²) in [6.07, 6.45) is -6.94. The monoisotopic (exact) mass is 621 g/mol. The lowest BCUT2D eigenvalue weighted by Crippen LogP contribution is -2.45. The first-order valence-corrected chi connectivity index (χ1v) is 14.5. The van der Waals surface area contributed by atoms with Crippen molar-refractivity contribution in [2.45, 2.75) is 56.6 Å². The number of alkyl halides is 3. The summed E-state index contributed by atoms with van der Waals surface area (Å²) < 4.78 is 79.8. The number of hydrogen-bond acceptors (Lipinski definition) is 7. The smallest absolute Gasteiger partial charge is 0.416 e. The number of anilines is 2. The standard InChI is InChI=1S/C29H30F3N3O7S/c1-28(2,3)42-27(37)33-21-12-13-25-24(15-21)35(43(38,39)23-11-7-10-20(14-23)29(30,31)32)17-22(41-25)16-26(36)34-40-18-19-8-5-4-6-9-19/h4-15,22H,16-18H2,1-3H3,(H,33,37)(H,34,36)/t22-/m0/s1. The molecule has 1 atom stereocenters. The zero-order chi connectivity index (χ0) is 31.4. The predicted molar refractivity (Wildman–Crippen MR) is 151 cm³/mol. The summed E-state index contributed by atoms with van der Waals surface area (Å²) in [6.45, 7) is 4.66. The van der Waals surface area contributed by atoms with E-state index >= 15 is 0 Å². The van der Waals surface area contributed by atoms with E-state index in [0.717, 1.165) is 28.1 Å². The van der Waals surface area contributed by atoms with Crippen molar-refractivity contribution in [1.29, 1.82) is 0 Å². The Morgan fingerprint density at radius 3 is 2.40 bits per heavy atom. The highest BCUT2D eigenvalue weighted by molar-refractivity contribution is 7.92. The molecule has 1 aliphatic heterocycles. The normalized spacial score (nSPS) is 15.2. The van der Waals surface area contributed by atoms with E-state index in [2.05, 4.69) is 10.8 Å². The van der Waals surface area contributed by atoms with Crippen LogP contribution in [0.4, 0.5) is 29.3 Å². The number of carbonyl (C=O) groups excluding carboxylic acids is 2. The van der Waals surface area contributed by atoms with Gasteiger partial charge in [0.1, 0.15) is 17.5 Å². The minimum Gasteiger partial charge on any atom is -0.486 e. The van der Waals surface area contributed by atoms with Crippen LogP contribution in [0.5, 0.6) is 5.75 Å². The van der Waals surface area contributed by atoms with E-state index in [1.54, 1.807) is 32.9 Å². The minimum atomic E-state index is -4.78. The number of amides is 2. The zero-order valence-corrected chi connectivity index (χ0v) is 24.3. The summed E-state index contributed by atoms with van der Waals surface area (Å²) in [4.78, 5) is 29.6. The Morgan fingerprint density at radius 2 is 1.72 bits per heavy atom. The van der Waals surface area contributed by atoms with Gasteiger partial charge in [-0.2, -0.15) is 13.2 Å². The number of nitrogens with one attached hydrogen (secondary N) is 2. The molecule has 0 fully saturated rings. The van der Waals surface area contributed by atoms with Crippen LogP contribution in [0.1, 0.15) is 38.3 Å². The van der Waals surface area contributed by atoms with Crippen molar-refractivity contribution in [3.05, 3.63) is 83.9 Å². The van der Waals surface area contributed by atoms with Crippen LogP contribution in [0.2, 0.25) is 0 Å². The third-order valence-electron chi connectivity index (χ3n) is 5.97. The van der Waals surface area contributed by atoms with E-state index in [9.17, 15) is 31.2 Å². The second-order valence-electron chi connectivity index (χ2n) is 10.6. The molecule has 230 valence electrons. The molecule has 0 aromatic heterocycles. The fourth-order valence-corrected chi connectivity index (χ4v) is 5.67. The maximum atomic E-state index is 13.8. The van der Waals surface area contributed by atoms with Crippen molar-refractivity contribution in [2.24, 2.45) is 0 Å². The Hall–Kier alpha value is -4.30. The highest BCUT2D eigenvalue weighted by atomic mass is 32.2. The van der Waals surface area contributed by atoms with Crippen LogP contribution in [0.25, 0.3) is 0 Å². The topological polar surface area (TPSA) is 123 Å². The van der Waals surface area contributed by atoms with Gasteiger partial charge in [-0.25, -0.2) is 18.7 Å². The van der Waals surface area contributed by atoms with Crippen molar-refractivity contribution in [2.75, 3.05) is 16.2 Å². The maximum Gasteiger partial charge on any atom is 0.416 e. The molecule has 2 N–H and O–H groups in total. The molecule has 0 aliphatic carbocycles. The fraction of sp³-hybridized carbons (Fsp3) is 0.310. The van der Waals surface area contributed by atoms with E-state index in [0.29, 0.717) is 6.07 Å². The van der Waals surface area contributed by atoms with Gasteiger partial charge in [-0.1, -0.05) is 36.4 Å². The zero-order valence-electron chi connectivity index (χ0n) is 23.5. The molecule has 0 unspecified atom stereocenters. The SMILES string of the molecule is CC(C)(C)OC(=O)Nc1ccc2c(c1)N(S(=O)(=O)c1cccc(C(F)(F)F)c1)C[C@H](CC(=O)NOCc1ccccc1)O2. The number of rotatable bonds is 8. The Kier molecular flexibility index (Phi) is 9.21. The van der Waals surface area contributed by atoms with E-state index < -0.39 is 56.9 Å². The van der Waals surface area contributed by atoms with Crippen LogP contribution in [-0.4, -0.2) is 38.7 Å². The number of sulfonamides is 1. The highest BCUT2D eigenvalue weighted by Crippen LogP contribution is 2.40. The van der Waals surface area contributed by atoms with Crippen LogP contribution >= 0.6 is 0 Å². The molecule has 0 spiro atoms. The van der Waals surface area contributed by atoms with Gasteiger partial charge in [0.15, 0.2) is 0 Å². The van der Waals surface area contributed by atoms with Gasteiger partial charge in [0.05, 0.1) is 35.7 Å². The third kappa shape index (κ3) is 8.38. The van der Waals surface area contributed by atoms with Gasteiger partial charge in [0.25, 0.3) is 10.0 Å². The summed E-state index contributed by atoms with van der Waals surface area (Å²) >= 11 is 0. The number of carbonyl (C=O) groups is 2. The number of ether oxygens (including phenoxy) is 2. The molecular formula is C29H30F3N3O7S. The summed E-state index contributed by atoms with van der Waals surface area (Å²) in [7, 11) is -4.61. The average molecular weight is 622 g/mol. The summed E-state index contributed by atoms with van der Waals surface area (Å²) in [5.41, 5.74) is 1.23. The quantitative estimate of drug-likeness (QED) is 0.312. The second kappa shape index (κ2) is 12.5. The predicted octanol–water partition coefficient (Wildman–Crippen LogP) is 5.65. The molecule has 0 saturated heterocycles. The van der Waals surface area contributed by atoms with Gasteiger partial charge >= 0.3 is 12.3 Å². The van der Waals surface area contributed by atoms with Gasteiger partial charge in [0.2, 0.25) is 5.91 Å². The molecule has 0 saturated carbocycles. The van der Waals surface area contributed by atoms with Gasteiger partial charge < -0.3 is 9.47 Å². The van der Waals surface area contributed by atoms with Crippen molar-refractivity contribution in [3.63, 3.8) is 0 Å². The Morgan fingerprint density at radius 1 is 1.00 bits per heavy atom. The third-order valence-corrected chi connectivity index (χ3v) is 7.74. The minimum absolute atomic E-state index is 0.0274. The highest BCUT2D eigenvalue weighted by Gasteiger charge is 2.38. The van der Waals surface area contributed by atoms with E-state index in [1.807, 2.05) is 18.2 Å². The number of benzene rings is 3. The molecule has 10 nitrogen and oxygen atoms in total. The van der Waals surface area contributed by atoms with Crippen LogP contribution in [0.3, 0.4) is 0 Å². The van der Waals surface area contributed by atoms with Crippen molar-refractivity contribution in [3.8, 4) is 5.75 Å². The summed E-state index contributed by atoms with van der Waals surface area (Å²) in [5, 5.41) is 2.50. The molecule has 1 heterocycles. The number of fused-ring (bicyclic) bond motifs is 1. The molecule has 0 radical (unpaired) electrons. The summed E-state index contributed by atoms with van der Waals surface area (Å²) in [6, 6.07) is 16.5. The van der Waals surface area contributed by atoms with Crippen molar-refractivity contribution < 1.29 is 45.5 Å². The Labute approximate surface area is 246 Å². The lowest BCUT2D eigenvalue weighted by atomic mass is 10.1. The lowest BCUT2D eigenvalue weighted by Gasteiger charge is -2.35. The van der Waals surface area contributed by atoms with Crippen LogP contribution in [0, 0.1) is 0 Å². The largest absolute Gasteiger partial charge is 0.486 e. The number of hydrogen-bond donors (Lipinski definition) is 2. The Balaban J connectivity index is 1.60. The van der Waals surface area contributed by atoms with Gasteiger partial charge in [0, 0.05) is 5.69 Å². The van der Waals surface area contributed by atoms with Gasteiger partial charge in [-0.15, -0.1) is 0 Å². The fourth-order valence-electron chi connectivity index (χ4n) is 4.13. The molecule has 1 aliphatic rings. The van der Waals surface area contributed by atoms with E-state index in [4.69, 9.17) is 14.3 Å². The molecule has 43 heavy (non-hydrogen) atoms. The van der Waals surface area contributed by atoms with Crippen LogP contribution in [-0.2, 0) is 37.2 Å². The molecule has 14 heteroatoms.